The van der Waals surface area contributed by atoms with Crippen molar-refractivity contribution in [2.75, 3.05) is 5.75 Å². The lowest BCUT2D eigenvalue weighted by Crippen LogP contribution is -2.09. The van der Waals surface area contributed by atoms with Gasteiger partial charge in [0.15, 0.2) is 0 Å². The van der Waals surface area contributed by atoms with Crippen LogP contribution in [-0.2, 0) is 15.9 Å². The molecule has 1 fully saturated rings. The molecule has 1 nitrogen and oxygen atoms in total. The molecule has 0 aromatic heterocycles. The van der Waals surface area contributed by atoms with Crippen molar-refractivity contribution >= 4 is 11.7 Å². The first kappa shape index (κ1) is 7.13. The predicted molar refractivity (Wildman–Crippen MR) is 39.5 cm³/mol. The molecule has 52 valence electrons. The van der Waals surface area contributed by atoms with Crippen LogP contribution in [0.15, 0.2) is 0 Å². The van der Waals surface area contributed by atoms with E-state index in [4.69, 9.17) is 0 Å². The summed E-state index contributed by atoms with van der Waals surface area (Å²) in [6.07, 6.45) is 6.70. The van der Waals surface area contributed by atoms with Crippen LogP contribution in [0.4, 0.5) is 0 Å². The van der Waals surface area contributed by atoms with Crippen molar-refractivity contribution in [1.82, 2.24) is 0 Å². The van der Waals surface area contributed by atoms with Crippen molar-refractivity contribution in [3.63, 3.8) is 0 Å². The third kappa shape index (κ3) is 2.39. The summed E-state index contributed by atoms with van der Waals surface area (Å²) in [4.78, 5) is 0. The van der Waals surface area contributed by atoms with Crippen LogP contribution in [0.25, 0.3) is 0 Å². The molecule has 0 N–H and O–H groups in total. The maximum Gasteiger partial charge on any atom is 0.458 e. The van der Waals surface area contributed by atoms with E-state index in [0.29, 0.717) is 0 Å². The third-order valence-corrected chi connectivity index (χ3v) is 2.64. The Morgan fingerprint density at radius 3 is 2.44 bits per heavy atom. The fraction of sp³-hybridized carbons (Fsp3) is 1.00. The zero-order chi connectivity index (χ0) is 6.53. The summed E-state index contributed by atoms with van der Waals surface area (Å²) >= 11 is 0.758. The summed E-state index contributed by atoms with van der Waals surface area (Å²) in [5, 5.41) is 0. The fourth-order valence-electron chi connectivity index (χ4n) is 1.45. The Hall–Kier alpha value is 0.0200. The van der Waals surface area contributed by atoms with Crippen molar-refractivity contribution in [2.45, 2.75) is 32.1 Å². The largest absolute Gasteiger partial charge is 0.458 e. The summed E-state index contributed by atoms with van der Waals surface area (Å²) in [5.41, 5.74) is 0. The minimum atomic E-state index is 0.751. The molecule has 0 aliphatic heterocycles. The lowest BCUT2D eigenvalue weighted by Gasteiger charge is -2.14. The van der Waals surface area contributed by atoms with E-state index < -0.39 is 0 Å². The van der Waals surface area contributed by atoms with Crippen LogP contribution in [0.3, 0.4) is 0 Å². The number of rotatable bonds is 2. The van der Waals surface area contributed by atoms with Gasteiger partial charge in [0.25, 0.3) is 0 Å². The van der Waals surface area contributed by atoms with Gasteiger partial charge in [0.05, 0.1) is 0 Å². The molecule has 0 heterocycles. The first-order valence-corrected chi connectivity index (χ1v) is 4.59. The predicted octanol–water partition coefficient (Wildman–Crippen LogP) is 1.99. The number of hydrogen-bond acceptors (Lipinski definition) is 1. The van der Waals surface area contributed by atoms with E-state index in [9.17, 15) is 4.21 Å². The molecule has 0 spiro atoms. The maximum atomic E-state index is 10.1. The second kappa shape index (κ2) is 3.94. The molecule has 0 amide bonds. The molecule has 0 unspecified atom stereocenters. The molecule has 0 aromatic carbocycles. The van der Waals surface area contributed by atoms with E-state index in [2.05, 4.69) is 0 Å². The van der Waals surface area contributed by atoms with Gasteiger partial charge >= 0.3 is 11.7 Å². The topological polar surface area (TPSA) is 17.1 Å². The summed E-state index contributed by atoms with van der Waals surface area (Å²) < 4.78 is 10.1. The quantitative estimate of drug-likeness (QED) is 0.543. The minimum absolute atomic E-state index is 0.751. The lowest BCUT2D eigenvalue weighted by molar-refractivity contribution is 0.389. The minimum Gasteiger partial charge on any atom is -0.0533 e. The Bertz CT molecular complexity index is 86.9. The van der Waals surface area contributed by atoms with E-state index in [1.165, 1.54) is 32.1 Å². The molecule has 0 saturated heterocycles. The van der Waals surface area contributed by atoms with Gasteiger partial charge in [-0.05, 0) is 12.8 Å². The van der Waals surface area contributed by atoms with Crippen LogP contribution in [-0.4, -0.2) is 5.75 Å². The molecule has 0 radical (unpaired) electrons. The molecule has 1 rings (SSSR count). The second-order valence-electron chi connectivity index (χ2n) is 2.79. The molecule has 1 saturated carbocycles. The highest BCUT2D eigenvalue weighted by atomic mass is 32.1. The van der Waals surface area contributed by atoms with Gasteiger partial charge in [-0.15, -0.1) is 0 Å². The third-order valence-electron chi connectivity index (χ3n) is 2.03. The Labute approximate surface area is 60.3 Å². The van der Waals surface area contributed by atoms with Crippen molar-refractivity contribution < 1.29 is 4.21 Å². The highest BCUT2D eigenvalue weighted by molar-refractivity contribution is 7.65. The molecule has 2 heteroatoms. The van der Waals surface area contributed by atoms with Crippen LogP contribution in [0, 0.1) is 5.92 Å². The molecule has 9 heavy (non-hydrogen) atoms. The van der Waals surface area contributed by atoms with Crippen molar-refractivity contribution in [3.05, 3.63) is 0 Å². The maximum absolute atomic E-state index is 10.1. The van der Waals surface area contributed by atoms with Gasteiger partial charge in [0.1, 0.15) is 0 Å². The molecule has 0 aromatic rings. The zero-order valence-electron chi connectivity index (χ0n) is 5.64. The van der Waals surface area contributed by atoms with Gasteiger partial charge < -0.3 is 0 Å². The Kier molecular flexibility index (Phi) is 3.12. The Morgan fingerprint density at radius 1 is 1.22 bits per heavy atom. The molecule has 0 atom stereocenters. The highest BCUT2D eigenvalue weighted by Gasteiger charge is 2.18. The van der Waals surface area contributed by atoms with E-state index in [-0.39, 0.29) is 0 Å². The standard InChI is InChI=1S/C7H13OS/c8-9-6-7-4-2-1-3-5-7/h7H,1-6H2/q+1. The van der Waals surface area contributed by atoms with Crippen LogP contribution < -0.4 is 0 Å². The van der Waals surface area contributed by atoms with Crippen LogP contribution in [0.1, 0.15) is 32.1 Å². The van der Waals surface area contributed by atoms with E-state index in [0.717, 1.165) is 23.3 Å². The molecular formula is C7H13OS+. The van der Waals surface area contributed by atoms with Crippen molar-refractivity contribution in [2.24, 2.45) is 5.92 Å². The summed E-state index contributed by atoms with van der Waals surface area (Å²) in [6, 6.07) is 0. The van der Waals surface area contributed by atoms with Gasteiger partial charge in [-0.2, -0.15) is 0 Å². The van der Waals surface area contributed by atoms with Crippen molar-refractivity contribution in [1.29, 1.82) is 0 Å². The Morgan fingerprint density at radius 2 is 1.89 bits per heavy atom. The number of hydrogen-bond donors (Lipinski definition) is 0. The fourth-order valence-corrected chi connectivity index (χ4v) is 1.98. The smallest absolute Gasteiger partial charge is 0.0533 e. The van der Waals surface area contributed by atoms with E-state index >= 15 is 0 Å². The van der Waals surface area contributed by atoms with Gasteiger partial charge in [-0.3, -0.25) is 0 Å². The zero-order valence-corrected chi connectivity index (χ0v) is 6.45. The highest BCUT2D eigenvalue weighted by Crippen LogP contribution is 2.22. The van der Waals surface area contributed by atoms with E-state index in [1.807, 2.05) is 0 Å². The van der Waals surface area contributed by atoms with Gasteiger partial charge in [-0.25, -0.2) is 0 Å². The normalized spacial score (nSPS) is 21.8. The Balaban J connectivity index is 2.15. The van der Waals surface area contributed by atoms with Gasteiger partial charge in [0, 0.05) is 10.1 Å². The SMILES string of the molecule is O=[S+]CC1CCCCC1. The average molecular weight is 145 g/mol. The molecule has 0 bridgehead atoms. The second-order valence-corrected chi connectivity index (χ2v) is 3.36. The van der Waals surface area contributed by atoms with Crippen LogP contribution in [0.2, 0.25) is 0 Å². The van der Waals surface area contributed by atoms with Gasteiger partial charge in [0.2, 0.25) is 5.75 Å². The monoisotopic (exact) mass is 145 g/mol. The summed E-state index contributed by atoms with van der Waals surface area (Å²) in [5.74, 6) is 1.60. The molecule has 1 aliphatic rings. The van der Waals surface area contributed by atoms with Crippen LogP contribution >= 0.6 is 0 Å². The summed E-state index contributed by atoms with van der Waals surface area (Å²) in [6.45, 7) is 0. The summed E-state index contributed by atoms with van der Waals surface area (Å²) in [7, 11) is 0. The lowest BCUT2D eigenvalue weighted by atomic mass is 9.91. The van der Waals surface area contributed by atoms with E-state index in [1.54, 1.807) is 0 Å². The molecular weight excluding hydrogens is 132 g/mol. The van der Waals surface area contributed by atoms with Crippen LogP contribution in [0.5, 0.6) is 0 Å². The first-order valence-electron chi connectivity index (χ1n) is 3.68. The molecule has 1 aliphatic carbocycles. The average Bonchev–Trinajstić information content (AvgIpc) is 1.91. The first-order chi connectivity index (χ1) is 4.43. The van der Waals surface area contributed by atoms with Gasteiger partial charge in [-0.1, -0.05) is 19.3 Å². The van der Waals surface area contributed by atoms with Crippen molar-refractivity contribution in [3.8, 4) is 0 Å².